The molecular formula is C17H29N5O3. The highest BCUT2D eigenvalue weighted by Crippen LogP contribution is 2.23. The first kappa shape index (κ1) is 18.0. The molecule has 0 aromatic rings. The number of carbonyl (C=O) groups excluding carboxylic acids is 3. The number of hydrogen-bond acceptors (Lipinski definition) is 4. The highest BCUT2D eigenvalue weighted by molar-refractivity contribution is 5.85. The molecule has 140 valence electrons. The number of amides is 4. The van der Waals surface area contributed by atoms with E-state index in [1.165, 1.54) is 0 Å². The van der Waals surface area contributed by atoms with Crippen LogP contribution in [0.3, 0.4) is 0 Å². The Balaban J connectivity index is 1.56. The van der Waals surface area contributed by atoms with E-state index in [0.717, 1.165) is 19.6 Å². The fourth-order valence-corrected chi connectivity index (χ4v) is 4.02. The summed E-state index contributed by atoms with van der Waals surface area (Å²) in [5.74, 6) is 0.238. The number of piperazine rings is 2. The van der Waals surface area contributed by atoms with Crippen LogP contribution in [0.25, 0.3) is 0 Å². The number of fused-ring (bicyclic) bond motifs is 1. The van der Waals surface area contributed by atoms with Crippen LogP contribution in [0.5, 0.6) is 0 Å². The molecule has 3 aliphatic rings. The van der Waals surface area contributed by atoms with Crippen LogP contribution in [-0.4, -0.2) is 115 Å². The lowest BCUT2D eigenvalue weighted by Crippen LogP contribution is -2.65. The van der Waals surface area contributed by atoms with Crippen LogP contribution in [0.2, 0.25) is 0 Å². The van der Waals surface area contributed by atoms with Gasteiger partial charge in [-0.3, -0.25) is 14.5 Å². The van der Waals surface area contributed by atoms with Gasteiger partial charge in [0, 0.05) is 72.9 Å². The van der Waals surface area contributed by atoms with Gasteiger partial charge in [-0.05, 0) is 12.8 Å². The quantitative estimate of drug-likeness (QED) is 0.631. The van der Waals surface area contributed by atoms with Crippen molar-refractivity contribution in [3.63, 3.8) is 0 Å². The molecule has 0 aliphatic carbocycles. The normalized spacial score (nSPS) is 25.8. The van der Waals surface area contributed by atoms with Gasteiger partial charge in [-0.2, -0.15) is 0 Å². The molecule has 0 aromatic heterocycles. The molecule has 25 heavy (non-hydrogen) atoms. The summed E-state index contributed by atoms with van der Waals surface area (Å²) in [5.41, 5.74) is 0. The molecule has 3 heterocycles. The van der Waals surface area contributed by atoms with Crippen LogP contribution in [-0.2, 0) is 9.59 Å². The van der Waals surface area contributed by atoms with E-state index in [1.807, 2.05) is 11.9 Å². The number of rotatable bonds is 1. The standard InChI is InChI=1S/C17H29N5O3/c1-18(2)17(25)21-6-4-13(5-7-21)15(23)22-11-10-20-9-8-19(3)16(24)14(20)12-22/h13-14H,4-12H2,1-3H3/t14-/m0/s1. The summed E-state index contributed by atoms with van der Waals surface area (Å²) >= 11 is 0. The monoisotopic (exact) mass is 351 g/mol. The topological polar surface area (TPSA) is 67.4 Å². The van der Waals surface area contributed by atoms with Crippen LogP contribution in [0.15, 0.2) is 0 Å². The smallest absolute Gasteiger partial charge is 0.319 e. The Morgan fingerprint density at radius 2 is 1.60 bits per heavy atom. The third-order valence-corrected chi connectivity index (χ3v) is 5.68. The van der Waals surface area contributed by atoms with Crippen LogP contribution < -0.4 is 0 Å². The number of urea groups is 1. The molecule has 1 atom stereocenters. The Kier molecular flexibility index (Phi) is 5.17. The molecular weight excluding hydrogens is 322 g/mol. The number of likely N-dealkylation sites (N-methyl/N-ethyl adjacent to an activating group) is 1. The van der Waals surface area contributed by atoms with E-state index >= 15 is 0 Å². The number of carbonyl (C=O) groups is 3. The summed E-state index contributed by atoms with van der Waals surface area (Å²) in [4.78, 5) is 46.5. The van der Waals surface area contributed by atoms with E-state index in [0.29, 0.717) is 39.0 Å². The predicted molar refractivity (Wildman–Crippen MR) is 93.0 cm³/mol. The van der Waals surface area contributed by atoms with Gasteiger partial charge in [0.1, 0.15) is 6.04 Å². The predicted octanol–water partition coefficient (Wildman–Crippen LogP) is -0.635. The summed E-state index contributed by atoms with van der Waals surface area (Å²) in [6, 6.07) is -0.179. The Morgan fingerprint density at radius 3 is 2.24 bits per heavy atom. The summed E-state index contributed by atoms with van der Waals surface area (Å²) in [6.07, 6.45) is 1.41. The van der Waals surface area contributed by atoms with E-state index in [9.17, 15) is 14.4 Å². The van der Waals surface area contributed by atoms with E-state index in [-0.39, 0.29) is 29.8 Å². The second-order valence-electron chi connectivity index (χ2n) is 7.53. The lowest BCUT2D eigenvalue weighted by molar-refractivity contribution is -0.149. The van der Waals surface area contributed by atoms with Crippen LogP contribution in [0.1, 0.15) is 12.8 Å². The maximum absolute atomic E-state index is 12.9. The highest BCUT2D eigenvalue weighted by Gasteiger charge is 2.40. The Morgan fingerprint density at radius 1 is 0.960 bits per heavy atom. The zero-order valence-electron chi connectivity index (χ0n) is 15.5. The molecule has 0 aromatic carbocycles. The van der Waals surface area contributed by atoms with Gasteiger partial charge < -0.3 is 19.6 Å². The van der Waals surface area contributed by atoms with E-state index in [2.05, 4.69) is 4.90 Å². The number of likely N-dealkylation sites (tertiary alicyclic amines) is 1. The molecule has 0 spiro atoms. The molecule has 3 fully saturated rings. The molecule has 0 saturated carbocycles. The van der Waals surface area contributed by atoms with Gasteiger partial charge in [0.25, 0.3) is 0 Å². The summed E-state index contributed by atoms with van der Waals surface area (Å²) in [6.45, 7) is 4.87. The molecule has 8 heteroatoms. The van der Waals surface area contributed by atoms with E-state index in [4.69, 9.17) is 0 Å². The molecule has 4 amide bonds. The minimum Gasteiger partial charge on any atom is -0.343 e. The van der Waals surface area contributed by atoms with Gasteiger partial charge >= 0.3 is 6.03 Å². The molecule has 8 nitrogen and oxygen atoms in total. The molecule has 0 unspecified atom stereocenters. The minimum atomic E-state index is -0.188. The van der Waals surface area contributed by atoms with Crippen LogP contribution in [0.4, 0.5) is 4.79 Å². The maximum atomic E-state index is 12.9. The average Bonchev–Trinajstić information content (AvgIpc) is 2.63. The van der Waals surface area contributed by atoms with Crippen LogP contribution in [0, 0.1) is 5.92 Å². The molecule has 3 rings (SSSR count). The maximum Gasteiger partial charge on any atom is 0.319 e. The first-order chi connectivity index (χ1) is 11.9. The second-order valence-corrected chi connectivity index (χ2v) is 7.53. The van der Waals surface area contributed by atoms with Crippen LogP contribution >= 0.6 is 0 Å². The zero-order chi connectivity index (χ0) is 18.1. The fraction of sp³-hybridized carbons (Fsp3) is 0.824. The first-order valence-electron chi connectivity index (χ1n) is 9.12. The van der Waals surface area contributed by atoms with Gasteiger partial charge in [0.15, 0.2) is 0 Å². The minimum absolute atomic E-state index is 0.00959. The van der Waals surface area contributed by atoms with Gasteiger partial charge in [-0.15, -0.1) is 0 Å². The summed E-state index contributed by atoms with van der Waals surface area (Å²) < 4.78 is 0. The number of piperidine rings is 1. The largest absolute Gasteiger partial charge is 0.343 e. The molecule has 0 N–H and O–H groups in total. The average molecular weight is 351 g/mol. The van der Waals surface area contributed by atoms with Gasteiger partial charge in [0.05, 0.1) is 0 Å². The van der Waals surface area contributed by atoms with Crippen molar-refractivity contribution in [1.82, 2.24) is 24.5 Å². The molecule has 0 radical (unpaired) electrons. The Labute approximate surface area is 149 Å². The van der Waals surface area contributed by atoms with Crippen molar-refractivity contribution in [2.45, 2.75) is 18.9 Å². The molecule has 0 bridgehead atoms. The summed E-state index contributed by atoms with van der Waals surface area (Å²) in [7, 11) is 5.33. The van der Waals surface area contributed by atoms with Crippen molar-refractivity contribution in [2.75, 3.05) is 67.0 Å². The van der Waals surface area contributed by atoms with Crippen molar-refractivity contribution in [3.05, 3.63) is 0 Å². The lowest BCUT2D eigenvalue weighted by atomic mass is 9.94. The Hall–Kier alpha value is -1.83. The van der Waals surface area contributed by atoms with E-state index < -0.39 is 0 Å². The van der Waals surface area contributed by atoms with Crippen molar-refractivity contribution < 1.29 is 14.4 Å². The zero-order valence-corrected chi connectivity index (χ0v) is 15.5. The highest BCUT2D eigenvalue weighted by atomic mass is 16.2. The lowest BCUT2D eigenvalue weighted by Gasteiger charge is -2.46. The molecule has 3 aliphatic heterocycles. The van der Waals surface area contributed by atoms with Crippen molar-refractivity contribution in [3.8, 4) is 0 Å². The van der Waals surface area contributed by atoms with Crippen molar-refractivity contribution in [1.29, 1.82) is 0 Å². The number of nitrogens with zero attached hydrogens (tertiary/aromatic N) is 5. The molecule has 3 saturated heterocycles. The number of hydrogen-bond donors (Lipinski definition) is 0. The van der Waals surface area contributed by atoms with Gasteiger partial charge in [0.2, 0.25) is 11.8 Å². The van der Waals surface area contributed by atoms with Crippen molar-refractivity contribution >= 4 is 17.8 Å². The van der Waals surface area contributed by atoms with Crippen molar-refractivity contribution in [2.24, 2.45) is 5.92 Å². The van der Waals surface area contributed by atoms with Gasteiger partial charge in [-0.1, -0.05) is 0 Å². The SMILES string of the molecule is CN(C)C(=O)N1CCC(C(=O)N2CCN3CCN(C)C(=O)[C@@H]3C2)CC1. The third kappa shape index (κ3) is 3.58. The van der Waals surface area contributed by atoms with E-state index in [1.54, 1.807) is 28.8 Å². The first-order valence-corrected chi connectivity index (χ1v) is 9.12. The third-order valence-electron chi connectivity index (χ3n) is 5.68. The Bertz CT molecular complexity index is 544. The second kappa shape index (κ2) is 7.19. The fourth-order valence-electron chi connectivity index (χ4n) is 4.02. The van der Waals surface area contributed by atoms with Gasteiger partial charge in [-0.25, -0.2) is 4.79 Å². The summed E-state index contributed by atoms with van der Waals surface area (Å²) in [5, 5.41) is 0.